The fourth-order valence-electron chi connectivity index (χ4n) is 2.74. The second-order valence-electron chi connectivity index (χ2n) is 6.91. The maximum atomic E-state index is 12.3. The number of aliphatic imine (C=N–C) groups is 1. The lowest BCUT2D eigenvalue weighted by Crippen LogP contribution is -2.28. The Bertz CT molecular complexity index is 925. The van der Waals surface area contributed by atoms with Crippen LogP contribution in [0.2, 0.25) is 0 Å². The second-order valence-corrected chi connectivity index (χ2v) is 8.10. The quantitative estimate of drug-likeness (QED) is 0.710. The number of ether oxygens (including phenoxy) is 1. The molecular formula is C22H25N3O3S. The summed E-state index contributed by atoms with van der Waals surface area (Å²) in [5, 5.41) is 5.61. The van der Waals surface area contributed by atoms with Crippen LogP contribution in [0.15, 0.2) is 47.5 Å². The normalized spacial score (nSPS) is 17.3. The summed E-state index contributed by atoms with van der Waals surface area (Å²) >= 11 is 1.28. The Morgan fingerprint density at radius 2 is 1.93 bits per heavy atom. The molecule has 1 fully saturated rings. The van der Waals surface area contributed by atoms with Crippen LogP contribution >= 0.6 is 11.8 Å². The molecule has 1 aliphatic rings. The smallest absolute Gasteiger partial charge is 0.240 e. The van der Waals surface area contributed by atoms with Crippen LogP contribution in [-0.4, -0.2) is 28.8 Å². The van der Waals surface area contributed by atoms with E-state index >= 15 is 0 Å². The van der Waals surface area contributed by atoms with Crippen molar-refractivity contribution in [3.63, 3.8) is 0 Å². The van der Waals surface area contributed by atoms with Crippen molar-refractivity contribution in [2.75, 3.05) is 11.9 Å². The summed E-state index contributed by atoms with van der Waals surface area (Å²) in [5.74, 6) is 0.353. The van der Waals surface area contributed by atoms with E-state index in [4.69, 9.17) is 4.74 Å². The first kappa shape index (κ1) is 20.9. The summed E-state index contributed by atoms with van der Waals surface area (Å²) in [6, 6.07) is 13.1. The molecule has 0 spiro atoms. The molecule has 0 aromatic heterocycles. The molecule has 152 valence electrons. The van der Waals surface area contributed by atoms with Crippen molar-refractivity contribution < 1.29 is 14.3 Å². The van der Waals surface area contributed by atoms with E-state index in [1.165, 1.54) is 17.3 Å². The van der Waals surface area contributed by atoms with Crippen LogP contribution in [-0.2, 0) is 9.59 Å². The molecule has 1 aliphatic heterocycles. The monoisotopic (exact) mass is 411 g/mol. The van der Waals surface area contributed by atoms with Crippen molar-refractivity contribution in [1.29, 1.82) is 0 Å². The predicted octanol–water partition coefficient (Wildman–Crippen LogP) is 4.34. The Kier molecular flexibility index (Phi) is 6.93. The van der Waals surface area contributed by atoms with Crippen molar-refractivity contribution in [2.45, 2.75) is 38.9 Å². The summed E-state index contributed by atoms with van der Waals surface area (Å²) in [6.07, 6.45) is 1.02. The van der Waals surface area contributed by atoms with Crippen molar-refractivity contribution in [1.82, 2.24) is 5.32 Å². The van der Waals surface area contributed by atoms with Gasteiger partial charge in [0.2, 0.25) is 11.8 Å². The number of amides is 2. The highest BCUT2D eigenvalue weighted by Crippen LogP contribution is 2.26. The Labute approximate surface area is 175 Å². The maximum absolute atomic E-state index is 12.3. The summed E-state index contributed by atoms with van der Waals surface area (Å²) < 4.78 is 5.53. The minimum absolute atomic E-state index is 0.0799. The number of amidine groups is 1. The number of carbonyl (C=O) groups is 2. The molecule has 3 rings (SSSR count). The minimum atomic E-state index is -0.493. The third kappa shape index (κ3) is 5.84. The first-order chi connectivity index (χ1) is 13.9. The molecule has 7 heteroatoms. The Morgan fingerprint density at radius 3 is 2.62 bits per heavy atom. The van der Waals surface area contributed by atoms with Gasteiger partial charge in [-0.1, -0.05) is 24.8 Å². The average molecular weight is 412 g/mol. The zero-order valence-electron chi connectivity index (χ0n) is 16.8. The van der Waals surface area contributed by atoms with Gasteiger partial charge in [0, 0.05) is 12.1 Å². The van der Waals surface area contributed by atoms with E-state index in [1.54, 1.807) is 12.1 Å². The molecule has 0 aliphatic carbocycles. The SMILES string of the molecule is CCCOc1ccc(NC(=O)C[C@H]2SC(=Nc3ccc(C)c(C)c3)NC2=O)cc1. The van der Waals surface area contributed by atoms with E-state index in [0.717, 1.165) is 23.4 Å². The fourth-order valence-corrected chi connectivity index (χ4v) is 3.73. The average Bonchev–Trinajstić information content (AvgIpc) is 3.03. The number of hydrogen-bond donors (Lipinski definition) is 2. The van der Waals surface area contributed by atoms with E-state index in [9.17, 15) is 9.59 Å². The standard InChI is InChI=1S/C22H25N3O3S/c1-4-11-28-18-9-7-16(8-10-18)23-20(26)13-19-21(27)25-22(29-19)24-17-6-5-14(2)15(3)12-17/h5-10,12,19H,4,11,13H2,1-3H3,(H,23,26)(H,24,25,27)/t19-/m1/s1. The predicted molar refractivity (Wildman–Crippen MR) is 118 cm³/mol. The number of anilines is 1. The lowest BCUT2D eigenvalue weighted by molar-refractivity contribution is -0.122. The van der Waals surface area contributed by atoms with Gasteiger partial charge in [0.25, 0.3) is 0 Å². The van der Waals surface area contributed by atoms with Crippen LogP contribution in [0.3, 0.4) is 0 Å². The molecule has 1 heterocycles. The Morgan fingerprint density at radius 1 is 1.17 bits per heavy atom. The highest BCUT2D eigenvalue weighted by Gasteiger charge is 2.32. The van der Waals surface area contributed by atoms with Gasteiger partial charge in [0.15, 0.2) is 5.17 Å². The molecule has 1 saturated heterocycles. The highest BCUT2D eigenvalue weighted by molar-refractivity contribution is 8.15. The van der Waals surface area contributed by atoms with Crippen molar-refractivity contribution in [3.8, 4) is 5.75 Å². The van der Waals surface area contributed by atoms with Crippen LogP contribution in [0.4, 0.5) is 11.4 Å². The van der Waals surface area contributed by atoms with Gasteiger partial charge in [-0.2, -0.15) is 0 Å². The van der Waals surface area contributed by atoms with Gasteiger partial charge >= 0.3 is 0 Å². The molecule has 0 bridgehead atoms. The zero-order chi connectivity index (χ0) is 20.8. The number of nitrogens with zero attached hydrogens (tertiary/aromatic N) is 1. The molecule has 1 atom stereocenters. The first-order valence-corrected chi connectivity index (χ1v) is 10.5. The maximum Gasteiger partial charge on any atom is 0.240 e. The second kappa shape index (κ2) is 9.60. The third-order valence-corrected chi connectivity index (χ3v) is 5.56. The number of thioether (sulfide) groups is 1. The van der Waals surface area contributed by atoms with Crippen LogP contribution in [0.1, 0.15) is 30.9 Å². The number of nitrogens with one attached hydrogen (secondary N) is 2. The van der Waals surface area contributed by atoms with Gasteiger partial charge in [-0.05, 0) is 67.8 Å². The Balaban J connectivity index is 1.56. The molecule has 2 amide bonds. The lowest BCUT2D eigenvalue weighted by atomic mass is 10.1. The molecule has 2 aromatic carbocycles. The Hall–Kier alpha value is -2.80. The number of benzene rings is 2. The van der Waals surface area contributed by atoms with E-state index in [0.29, 0.717) is 17.5 Å². The summed E-state index contributed by atoms with van der Waals surface area (Å²) in [5.41, 5.74) is 3.79. The summed E-state index contributed by atoms with van der Waals surface area (Å²) in [6.45, 7) is 6.77. The van der Waals surface area contributed by atoms with Crippen molar-refractivity contribution in [2.24, 2.45) is 4.99 Å². The molecule has 6 nitrogen and oxygen atoms in total. The van der Waals surface area contributed by atoms with Gasteiger partial charge in [-0.3, -0.25) is 9.59 Å². The van der Waals surface area contributed by atoms with E-state index < -0.39 is 5.25 Å². The molecule has 0 radical (unpaired) electrons. The first-order valence-electron chi connectivity index (χ1n) is 9.61. The van der Waals surface area contributed by atoms with Gasteiger partial charge in [0.05, 0.1) is 12.3 Å². The van der Waals surface area contributed by atoms with Crippen LogP contribution < -0.4 is 15.4 Å². The number of hydrogen-bond acceptors (Lipinski definition) is 5. The topological polar surface area (TPSA) is 79.8 Å². The zero-order valence-corrected chi connectivity index (χ0v) is 17.6. The molecule has 29 heavy (non-hydrogen) atoms. The van der Waals surface area contributed by atoms with Gasteiger partial charge in [-0.25, -0.2) is 4.99 Å². The number of rotatable bonds is 7. The van der Waals surface area contributed by atoms with Crippen molar-refractivity contribution in [3.05, 3.63) is 53.6 Å². The number of aryl methyl sites for hydroxylation is 2. The molecule has 2 N–H and O–H groups in total. The van der Waals surface area contributed by atoms with Crippen LogP contribution in [0.5, 0.6) is 5.75 Å². The molecule has 0 unspecified atom stereocenters. The van der Waals surface area contributed by atoms with Gasteiger partial charge < -0.3 is 15.4 Å². The molecule has 0 saturated carbocycles. The highest BCUT2D eigenvalue weighted by atomic mass is 32.2. The van der Waals surface area contributed by atoms with Gasteiger partial charge in [0.1, 0.15) is 11.0 Å². The van der Waals surface area contributed by atoms with Gasteiger partial charge in [-0.15, -0.1) is 0 Å². The summed E-state index contributed by atoms with van der Waals surface area (Å²) in [4.78, 5) is 29.1. The van der Waals surface area contributed by atoms with Crippen LogP contribution in [0, 0.1) is 13.8 Å². The van der Waals surface area contributed by atoms with E-state index in [2.05, 4.69) is 15.6 Å². The largest absolute Gasteiger partial charge is 0.494 e. The molecular weight excluding hydrogens is 386 g/mol. The third-order valence-electron chi connectivity index (χ3n) is 4.48. The van der Waals surface area contributed by atoms with E-state index in [-0.39, 0.29) is 18.2 Å². The fraction of sp³-hybridized carbons (Fsp3) is 0.318. The van der Waals surface area contributed by atoms with Crippen LogP contribution in [0.25, 0.3) is 0 Å². The lowest BCUT2D eigenvalue weighted by Gasteiger charge is -2.09. The minimum Gasteiger partial charge on any atom is -0.494 e. The summed E-state index contributed by atoms with van der Waals surface area (Å²) in [7, 11) is 0. The van der Waals surface area contributed by atoms with Crippen molar-refractivity contribution >= 4 is 40.1 Å². The molecule has 2 aromatic rings. The van der Waals surface area contributed by atoms with E-state index in [1.807, 2.05) is 51.1 Å². The number of carbonyl (C=O) groups excluding carboxylic acids is 2.